The molecule has 2 aliphatic rings. The molecule has 2 fully saturated rings. The molecule has 4 heterocycles. The number of carbonyl (C=O) groups excluding carboxylic acids is 1. The molecule has 162 valence electrons. The highest BCUT2D eigenvalue weighted by Gasteiger charge is 2.42. The highest BCUT2D eigenvalue weighted by Crippen LogP contribution is 2.36. The van der Waals surface area contributed by atoms with Gasteiger partial charge in [-0.05, 0) is 30.9 Å². The van der Waals surface area contributed by atoms with Crippen molar-refractivity contribution in [2.75, 3.05) is 19.7 Å². The molecule has 0 saturated carbocycles. The Balaban J connectivity index is 1.14. The van der Waals surface area contributed by atoms with Crippen molar-refractivity contribution in [1.82, 2.24) is 19.9 Å². The van der Waals surface area contributed by atoms with E-state index in [4.69, 9.17) is 9.47 Å². The number of H-pyrrole nitrogens is 1. The average molecular weight is 421 g/mol. The summed E-state index contributed by atoms with van der Waals surface area (Å²) in [6.45, 7) is 2.16. The fourth-order valence-corrected chi connectivity index (χ4v) is 4.85. The Hall–Kier alpha value is -2.93. The molecule has 1 aromatic carbocycles. The van der Waals surface area contributed by atoms with Gasteiger partial charge in [0.05, 0.1) is 18.4 Å². The van der Waals surface area contributed by atoms with Crippen molar-refractivity contribution in [3.8, 4) is 5.88 Å². The van der Waals surface area contributed by atoms with Crippen LogP contribution in [0.2, 0.25) is 0 Å². The van der Waals surface area contributed by atoms with Gasteiger partial charge in [0.1, 0.15) is 6.10 Å². The first-order valence-corrected chi connectivity index (χ1v) is 11.1. The minimum absolute atomic E-state index is 0.0783. The molecule has 2 aliphatic heterocycles. The van der Waals surface area contributed by atoms with Gasteiger partial charge in [-0.3, -0.25) is 9.78 Å². The van der Waals surface area contributed by atoms with Crippen LogP contribution in [0, 0.1) is 0 Å². The van der Waals surface area contributed by atoms with Crippen LogP contribution in [0.25, 0.3) is 10.9 Å². The molecule has 2 aromatic heterocycles. The summed E-state index contributed by atoms with van der Waals surface area (Å²) in [6.07, 6.45) is 11.7. The van der Waals surface area contributed by atoms with E-state index in [-0.39, 0.29) is 17.6 Å². The number of amides is 1. The summed E-state index contributed by atoms with van der Waals surface area (Å²) in [5.41, 5.74) is 2.13. The second-order valence-corrected chi connectivity index (χ2v) is 8.55. The van der Waals surface area contributed by atoms with Gasteiger partial charge in [-0.15, -0.1) is 0 Å². The van der Waals surface area contributed by atoms with Crippen molar-refractivity contribution in [3.63, 3.8) is 0 Å². The number of hydrogen-bond donors (Lipinski definition) is 1. The van der Waals surface area contributed by atoms with Crippen molar-refractivity contribution in [2.45, 2.75) is 50.2 Å². The lowest BCUT2D eigenvalue weighted by Gasteiger charge is -2.45. The Morgan fingerprint density at radius 1 is 1.26 bits per heavy atom. The van der Waals surface area contributed by atoms with Crippen molar-refractivity contribution in [1.29, 1.82) is 0 Å². The molecule has 0 aliphatic carbocycles. The zero-order chi connectivity index (χ0) is 21.1. The Bertz CT molecular complexity index is 1030. The average Bonchev–Trinajstić information content (AvgIpc) is 3.22. The highest BCUT2D eigenvalue weighted by atomic mass is 16.5. The Kier molecular flexibility index (Phi) is 5.59. The Morgan fingerprint density at radius 3 is 2.97 bits per heavy atom. The smallest absolute Gasteiger partial charge is 0.232 e. The second-order valence-electron chi connectivity index (χ2n) is 8.55. The maximum absolute atomic E-state index is 12.8. The summed E-state index contributed by atoms with van der Waals surface area (Å²) in [6, 6.07) is 8.23. The van der Waals surface area contributed by atoms with E-state index in [1.54, 1.807) is 18.6 Å². The zero-order valence-corrected chi connectivity index (χ0v) is 17.6. The third-order valence-electron chi connectivity index (χ3n) is 6.59. The topological polar surface area (TPSA) is 80.3 Å². The lowest BCUT2D eigenvalue weighted by atomic mass is 9.83. The van der Waals surface area contributed by atoms with Gasteiger partial charge in [-0.25, -0.2) is 4.98 Å². The van der Waals surface area contributed by atoms with E-state index >= 15 is 0 Å². The van der Waals surface area contributed by atoms with Crippen molar-refractivity contribution in [3.05, 3.63) is 54.6 Å². The molecule has 0 radical (unpaired) electrons. The first-order chi connectivity index (χ1) is 15.2. The number of aryl methyl sites for hydroxylation is 1. The summed E-state index contributed by atoms with van der Waals surface area (Å²) in [7, 11) is 0. The van der Waals surface area contributed by atoms with Crippen molar-refractivity contribution >= 4 is 16.8 Å². The fourth-order valence-electron chi connectivity index (χ4n) is 4.85. The minimum atomic E-state index is -0.196. The third-order valence-corrected chi connectivity index (χ3v) is 6.59. The van der Waals surface area contributed by atoms with E-state index in [1.807, 2.05) is 23.2 Å². The first-order valence-electron chi connectivity index (χ1n) is 11.1. The van der Waals surface area contributed by atoms with Gasteiger partial charge in [-0.2, -0.15) is 0 Å². The minimum Gasteiger partial charge on any atom is -0.473 e. The lowest BCUT2D eigenvalue weighted by molar-refractivity contribution is -0.151. The molecule has 7 heteroatoms. The number of aromatic nitrogens is 3. The quantitative estimate of drug-likeness (QED) is 0.683. The molecule has 31 heavy (non-hydrogen) atoms. The standard InChI is InChI=1S/C24H28N4O3/c29-23(6-5-18-16-27-21-4-2-1-3-20(18)21)28-12-8-24(9-13-28)15-19(7-14-30-24)31-22-17-25-10-11-26-22/h1-4,10-11,16-17,19,27H,5-9,12-15H2. The van der Waals surface area contributed by atoms with Gasteiger partial charge in [0.15, 0.2) is 0 Å². The van der Waals surface area contributed by atoms with E-state index < -0.39 is 0 Å². The number of nitrogens with one attached hydrogen (secondary N) is 1. The number of ether oxygens (including phenoxy) is 2. The number of carbonyl (C=O) groups is 1. The van der Waals surface area contributed by atoms with Crippen LogP contribution in [0.1, 0.15) is 37.7 Å². The van der Waals surface area contributed by atoms with Crippen molar-refractivity contribution in [2.24, 2.45) is 0 Å². The van der Waals surface area contributed by atoms with Gasteiger partial charge in [0.25, 0.3) is 0 Å². The molecule has 1 N–H and O–H groups in total. The summed E-state index contributed by atoms with van der Waals surface area (Å²) in [5.74, 6) is 0.790. The summed E-state index contributed by atoms with van der Waals surface area (Å²) < 4.78 is 12.2. The van der Waals surface area contributed by atoms with E-state index in [1.165, 1.54) is 10.9 Å². The molecule has 1 spiro atoms. The van der Waals surface area contributed by atoms with Crippen LogP contribution in [-0.4, -0.2) is 57.2 Å². The molecule has 5 rings (SSSR count). The number of benzene rings is 1. The van der Waals surface area contributed by atoms with Crippen LogP contribution >= 0.6 is 0 Å². The van der Waals surface area contributed by atoms with E-state index in [9.17, 15) is 4.79 Å². The van der Waals surface area contributed by atoms with E-state index in [2.05, 4.69) is 27.1 Å². The number of hydrogen-bond acceptors (Lipinski definition) is 5. The molecule has 2 saturated heterocycles. The number of fused-ring (bicyclic) bond motifs is 1. The Morgan fingerprint density at radius 2 is 2.13 bits per heavy atom. The largest absolute Gasteiger partial charge is 0.473 e. The molecule has 0 bridgehead atoms. The molecule has 1 amide bonds. The fraction of sp³-hybridized carbons (Fsp3) is 0.458. The van der Waals surface area contributed by atoms with Gasteiger partial charge in [-0.1, -0.05) is 18.2 Å². The number of rotatable bonds is 5. The molecule has 1 unspecified atom stereocenters. The van der Waals surface area contributed by atoms with Gasteiger partial charge in [0.2, 0.25) is 11.8 Å². The lowest BCUT2D eigenvalue weighted by Crippen LogP contribution is -2.52. The number of nitrogens with zero attached hydrogens (tertiary/aromatic N) is 3. The van der Waals surface area contributed by atoms with Crippen LogP contribution in [0.4, 0.5) is 0 Å². The van der Waals surface area contributed by atoms with Crippen LogP contribution in [0.15, 0.2) is 49.1 Å². The van der Waals surface area contributed by atoms with Gasteiger partial charge in [0, 0.05) is 61.8 Å². The molecule has 7 nitrogen and oxygen atoms in total. The van der Waals surface area contributed by atoms with Crippen LogP contribution < -0.4 is 4.74 Å². The maximum atomic E-state index is 12.8. The molecule has 1 atom stereocenters. The van der Waals surface area contributed by atoms with E-state index in [0.717, 1.165) is 50.7 Å². The highest BCUT2D eigenvalue weighted by molar-refractivity contribution is 5.84. The predicted octanol–water partition coefficient (Wildman–Crippen LogP) is 3.51. The first kappa shape index (κ1) is 20.0. The summed E-state index contributed by atoms with van der Waals surface area (Å²) >= 11 is 0. The monoisotopic (exact) mass is 420 g/mol. The van der Waals surface area contributed by atoms with Crippen molar-refractivity contribution < 1.29 is 14.3 Å². The Labute approximate surface area is 181 Å². The second kappa shape index (κ2) is 8.67. The van der Waals surface area contributed by atoms with E-state index in [0.29, 0.717) is 18.9 Å². The number of para-hydroxylation sites is 1. The molecular weight excluding hydrogens is 392 g/mol. The van der Waals surface area contributed by atoms with Crippen LogP contribution in [-0.2, 0) is 16.0 Å². The number of aromatic amines is 1. The van der Waals surface area contributed by atoms with Gasteiger partial charge < -0.3 is 19.4 Å². The summed E-state index contributed by atoms with van der Waals surface area (Å²) in [4.78, 5) is 26.4. The summed E-state index contributed by atoms with van der Waals surface area (Å²) in [5, 5.41) is 1.21. The normalized spacial score (nSPS) is 20.8. The number of piperidine rings is 1. The van der Waals surface area contributed by atoms with Crippen LogP contribution in [0.3, 0.4) is 0 Å². The zero-order valence-electron chi connectivity index (χ0n) is 17.6. The third kappa shape index (κ3) is 4.42. The predicted molar refractivity (Wildman–Crippen MR) is 117 cm³/mol. The SMILES string of the molecule is O=C(CCc1c[nH]c2ccccc12)N1CCC2(CC1)CC(Oc1cnccn1)CCO2. The molecule has 3 aromatic rings. The van der Waals surface area contributed by atoms with Gasteiger partial charge >= 0.3 is 0 Å². The maximum Gasteiger partial charge on any atom is 0.232 e. The van der Waals surface area contributed by atoms with Crippen LogP contribution in [0.5, 0.6) is 5.88 Å². The molecular formula is C24H28N4O3. The number of likely N-dealkylation sites (tertiary alicyclic amines) is 1.